The molecule has 0 aliphatic carbocycles. The summed E-state index contributed by atoms with van der Waals surface area (Å²) in [4.78, 5) is 0. The second-order valence-corrected chi connectivity index (χ2v) is 7.45. The summed E-state index contributed by atoms with van der Waals surface area (Å²) in [6.45, 7) is 0. The monoisotopic (exact) mass is 373 g/mol. The Bertz CT molecular complexity index is 690. The lowest BCUT2D eigenvalue weighted by Crippen LogP contribution is -2.18. The summed E-state index contributed by atoms with van der Waals surface area (Å²) in [5.74, 6) is 0.0137. The van der Waals surface area contributed by atoms with E-state index in [1.54, 1.807) is 18.2 Å². The zero-order valence-electron chi connectivity index (χ0n) is 10.5. The molecule has 1 N–H and O–H groups in total. The molecule has 2 rings (SSSR count). The molecule has 106 valence electrons. The maximum atomic E-state index is 12.1. The van der Waals surface area contributed by atoms with Crippen LogP contribution in [0, 0.1) is 0 Å². The molecule has 0 spiro atoms. The van der Waals surface area contributed by atoms with Gasteiger partial charge in [0.05, 0.1) is 16.5 Å². The van der Waals surface area contributed by atoms with Gasteiger partial charge in [-0.15, -0.1) is 0 Å². The lowest BCUT2D eigenvalue weighted by atomic mass is 10.2. The quantitative estimate of drug-likeness (QED) is 0.857. The maximum absolute atomic E-state index is 12.1. The van der Waals surface area contributed by atoms with Gasteiger partial charge < -0.3 is 0 Å². The highest BCUT2D eigenvalue weighted by atomic mass is 79.9. The summed E-state index contributed by atoms with van der Waals surface area (Å²) in [5.41, 5.74) is 1.37. The lowest BCUT2D eigenvalue weighted by molar-refractivity contribution is 0.600. The minimum atomic E-state index is -3.43. The molecule has 0 saturated carbocycles. The van der Waals surface area contributed by atoms with Gasteiger partial charge in [-0.1, -0.05) is 57.9 Å². The molecule has 2 aromatic carbocycles. The molecule has 0 unspecified atom stereocenters. The van der Waals surface area contributed by atoms with E-state index in [2.05, 4.69) is 20.7 Å². The van der Waals surface area contributed by atoms with E-state index < -0.39 is 10.0 Å². The molecular formula is C14H13BrClNO2S. The van der Waals surface area contributed by atoms with Crippen molar-refractivity contribution in [2.24, 2.45) is 0 Å². The smallest absolute Gasteiger partial charge is 0.233 e. The van der Waals surface area contributed by atoms with Crippen molar-refractivity contribution in [2.45, 2.75) is 6.42 Å². The topological polar surface area (TPSA) is 46.2 Å². The third kappa shape index (κ3) is 4.51. The van der Waals surface area contributed by atoms with E-state index >= 15 is 0 Å². The lowest BCUT2D eigenvalue weighted by Gasteiger charge is -2.10. The first-order valence-corrected chi connectivity index (χ1v) is 8.78. The average Bonchev–Trinajstić information content (AvgIpc) is 2.42. The van der Waals surface area contributed by atoms with E-state index in [0.717, 1.165) is 10.0 Å². The number of benzene rings is 2. The van der Waals surface area contributed by atoms with Gasteiger partial charge in [0, 0.05) is 4.47 Å². The normalized spacial score (nSPS) is 11.3. The first-order valence-electron chi connectivity index (χ1n) is 5.96. The Balaban J connectivity index is 2.06. The average molecular weight is 375 g/mol. The van der Waals surface area contributed by atoms with Crippen LogP contribution >= 0.6 is 27.5 Å². The molecule has 0 aliphatic heterocycles. The van der Waals surface area contributed by atoms with Gasteiger partial charge >= 0.3 is 0 Å². The summed E-state index contributed by atoms with van der Waals surface area (Å²) < 4.78 is 27.4. The molecule has 0 aromatic heterocycles. The van der Waals surface area contributed by atoms with Crippen molar-refractivity contribution in [3.63, 3.8) is 0 Å². The number of hydrogen-bond acceptors (Lipinski definition) is 2. The molecule has 0 radical (unpaired) electrons. The van der Waals surface area contributed by atoms with E-state index in [1.165, 1.54) is 0 Å². The Labute approximate surface area is 132 Å². The molecule has 0 aliphatic rings. The third-order valence-corrected chi connectivity index (χ3v) is 4.79. The molecule has 0 bridgehead atoms. The molecule has 6 heteroatoms. The second kappa shape index (κ2) is 6.61. The Hall–Kier alpha value is -1.04. The summed E-state index contributed by atoms with van der Waals surface area (Å²) in [6, 6.07) is 14.5. The van der Waals surface area contributed by atoms with Crippen molar-refractivity contribution >= 4 is 43.2 Å². The molecular weight excluding hydrogens is 362 g/mol. The Kier molecular flexibility index (Phi) is 5.07. The predicted octanol–water partition coefficient (Wildman–Crippen LogP) is 4.09. The van der Waals surface area contributed by atoms with Crippen LogP contribution in [0.2, 0.25) is 5.02 Å². The van der Waals surface area contributed by atoms with E-state index in [0.29, 0.717) is 17.1 Å². The molecule has 0 saturated heterocycles. The van der Waals surface area contributed by atoms with Gasteiger partial charge in [-0.25, -0.2) is 8.42 Å². The predicted molar refractivity (Wildman–Crippen MR) is 86.7 cm³/mol. The minimum Gasteiger partial charge on any atom is -0.282 e. The van der Waals surface area contributed by atoms with Gasteiger partial charge in [0.1, 0.15) is 0 Å². The molecule has 0 atom stereocenters. The Morgan fingerprint density at radius 2 is 1.80 bits per heavy atom. The van der Waals surface area contributed by atoms with Gasteiger partial charge in [0.2, 0.25) is 10.0 Å². The maximum Gasteiger partial charge on any atom is 0.233 e. The van der Waals surface area contributed by atoms with Crippen LogP contribution in [0.4, 0.5) is 5.69 Å². The highest BCUT2D eigenvalue weighted by molar-refractivity contribution is 9.10. The first kappa shape index (κ1) is 15.4. The van der Waals surface area contributed by atoms with Crippen molar-refractivity contribution in [3.05, 3.63) is 63.6 Å². The van der Waals surface area contributed by atoms with Crippen LogP contribution in [-0.2, 0) is 16.4 Å². The highest BCUT2D eigenvalue weighted by Gasteiger charge is 2.13. The molecule has 3 nitrogen and oxygen atoms in total. The summed E-state index contributed by atoms with van der Waals surface area (Å²) in [7, 11) is -3.43. The van der Waals surface area contributed by atoms with E-state index in [1.807, 2.05) is 30.3 Å². The van der Waals surface area contributed by atoms with Crippen molar-refractivity contribution in [1.82, 2.24) is 0 Å². The number of aryl methyl sites for hydroxylation is 1. The summed E-state index contributed by atoms with van der Waals surface area (Å²) >= 11 is 9.26. The van der Waals surface area contributed by atoms with Crippen LogP contribution < -0.4 is 4.72 Å². The van der Waals surface area contributed by atoms with Crippen molar-refractivity contribution in [3.8, 4) is 0 Å². The molecule has 2 aromatic rings. The van der Waals surface area contributed by atoms with E-state index in [9.17, 15) is 8.42 Å². The van der Waals surface area contributed by atoms with Crippen LogP contribution in [0.15, 0.2) is 53.0 Å². The van der Waals surface area contributed by atoms with E-state index in [4.69, 9.17) is 11.6 Å². The van der Waals surface area contributed by atoms with Crippen molar-refractivity contribution < 1.29 is 8.42 Å². The zero-order chi connectivity index (χ0) is 14.6. The van der Waals surface area contributed by atoms with Gasteiger partial charge in [0.25, 0.3) is 0 Å². The Morgan fingerprint density at radius 1 is 1.10 bits per heavy atom. The molecule has 0 amide bonds. The van der Waals surface area contributed by atoms with Crippen LogP contribution in [0.1, 0.15) is 5.56 Å². The van der Waals surface area contributed by atoms with Crippen LogP contribution in [-0.4, -0.2) is 14.2 Å². The largest absolute Gasteiger partial charge is 0.282 e. The van der Waals surface area contributed by atoms with Crippen molar-refractivity contribution in [1.29, 1.82) is 0 Å². The van der Waals surface area contributed by atoms with Crippen molar-refractivity contribution in [2.75, 3.05) is 10.5 Å². The zero-order valence-corrected chi connectivity index (χ0v) is 13.7. The summed E-state index contributed by atoms with van der Waals surface area (Å²) in [5, 5.41) is 0.372. The number of nitrogens with one attached hydrogen (secondary N) is 1. The molecule has 0 fully saturated rings. The first-order chi connectivity index (χ1) is 9.46. The van der Waals surface area contributed by atoms with Gasteiger partial charge in [-0.3, -0.25) is 4.72 Å². The SMILES string of the molecule is O=S(=O)(CCc1ccccc1)Nc1cc(Br)ccc1Cl. The highest BCUT2D eigenvalue weighted by Crippen LogP contribution is 2.26. The second-order valence-electron chi connectivity index (χ2n) is 4.28. The van der Waals surface area contributed by atoms with Crippen LogP contribution in [0.3, 0.4) is 0 Å². The van der Waals surface area contributed by atoms with Gasteiger partial charge in [-0.05, 0) is 30.2 Å². The fourth-order valence-corrected chi connectivity index (χ4v) is 3.38. The molecule has 20 heavy (non-hydrogen) atoms. The summed E-state index contributed by atoms with van der Waals surface area (Å²) in [6.07, 6.45) is 0.460. The number of rotatable bonds is 5. The van der Waals surface area contributed by atoms with Gasteiger partial charge in [0.15, 0.2) is 0 Å². The molecule has 0 heterocycles. The van der Waals surface area contributed by atoms with Crippen LogP contribution in [0.5, 0.6) is 0 Å². The number of sulfonamides is 1. The van der Waals surface area contributed by atoms with Crippen LogP contribution in [0.25, 0.3) is 0 Å². The standard InChI is InChI=1S/C14H13BrClNO2S/c15-12-6-7-13(16)14(10-12)17-20(18,19)9-8-11-4-2-1-3-5-11/h1-7,10,17H,8-9H2. The number of anilines is 1. The number of halogens is 2. The fourth-order valence-electron chi connectivity index (χ4n) is 1.69. The van der Waals surface area contributed by atoms with E-state index in [-0.39, 0.29) is 5.75 Å². The minimum absolute atomic E-state index is 0.0137. The number of hydrogen-bond donors (Lipinski definition) is 1. The third-order valence-electron chi connectivity index (χ3n) is 2.70. The van der Waals surface area contributed by atoms with Gasteiger partial charge in [-0.2, -0.15) is 0 Å². The Morgan fingerprint density at radius 3 is 2.50 bits per heavy atom. The fraction of sp³-hybridized carbons (Fsp3) is 0.143.